The Kier molecular flexibility index (Phi) is 5.64. The topological polar surface area (TPSA) is 81.7 Å². The number of amides is 2. The maximum absolute atomic E-state index is 12.9. The number of hydrogen-bond acceptors (Lipinski definition) is 5. The first-order chi connectivity index (χ1) is 9.42. The summed E-state index contributed by atoms with van der Waals surface area (Å²) < 4.78 is 22.0. The Labute approximate surface area is 114 Å². The summed E-state index contributed by atoms with van der Waals surface area (Å²) in [6.07, 6.45) is -2.27. The molecule has 1 aromatic carbocycles. The molecule has 0 aliphatic heterocycles. The average molecular weight is 283 g/mol. The van der Waals surface area contributed by atoms with Crippen molar-refractivity contribution in [2.45, 2.75) is 19.4 Å². The van der Waals surface area contributed by atoms with E-state index in [1.165, 1.54) is 25.1 Å². The van der Waals surface area contributed by atoms with Crippen LogP contribution in [-0.2, 0) is 25.5 Å². The molecule has 0 heterocycles. The highest BCUT2D eigenvalue weighted by Gasteiger charge is 2.20. The van der Waals surface area contributed by atoms with Crippen molar-refractivity contribution in [3.63, 3.8) is 0 Å². The molecule has 0 aliphatic carbocycles. The fourth-order valence-electron chi connectivity index (χ4n) is 1.36. The SMILES string of the molecule is COC(=O)NC(=O)[C@@H](C)OC(=O)Cc1cccc(F)c1. The van der Waals surface area contributed by atoms with Gasteiger partial charge in [0.1, 0.15) is 5.82 Å². The molecule has 1 rings (SSSR count). The number of halogens is 1. The van der Waals surface area contributed by atoms with E-state index in [4.69, 9.17) is 4.74 Å². The van der Waals surface area contributed by atoms with Crippen LogP contribution in [0.3, 0.4) is 0 Å². The second-order valence-corrected chi connectivity index (χ2v) is 3.92. The van der Waals surface area contributed by atoms with Crippen molar-refractivity contribution < 1.29 is 28.2 Å². The lowest BCUT2D eigenvalue weighted by molar-refractivity contribution is -0.153. The Morgan fingerprint density at radius 1 is 1.35 bits per heavy atom. The number of hydrogen-bond donors (Lipinski definition) is 1. The Hall–Kier alpha value is -2.44. The van der Waals surface area contributed by atoms with Gasteiger partial charge in [0, 0.05) is 0 Å². The van der Waals surface area contributed by atoms with Crippen LogP contribution in [0.25, 0.3) is 0 Å². The van der Waals surface area contributed by atoms with E-state index in [2.05, 4.69) is 4.74 Å². The van der Waals surface area contributed by atoms with Gasteiger partial charge in [-0.25, -0.2) is 9.18 Å². The molecule has 0 spiro atoms. The third kappa shape index (κ3) is 5.05. The molecule has 20 heavy (non-hydrogen) atoms. The number of imide groups is 1. The minimum absolute atomic E-state index is 0.173. The van der Waals surface area contributed by atoms with Gasteiger partial charge in [-0.3, -0.25) is 14.9 Å². The number of alkyl carbamates (subject to hydrolysis) is 1. The van der Waals surface area contributed by atoms with Crippen LogP contribution in [0.4, 0.5) is 9.18 Å². The van der Waals surface area contributed by atoms with Gasteiger partial charge in [-0.15, -0.1) is 0 Å². The van der Waals surface area contributed by atoms with Crippen molar-refractivity contribution in [3.8, 4) is 0 Å². The number of nitrogens with one attached hydrogen (secondary N) is 1. The molecular weight excluding hydrogens is 269 g/mol. The van der Waals surface area contributed by atoms with Crippen LogP contribution in [0.15, 0.2) is 24.3 Å². The number of methoxy groups -OCH3 is 1. The highest BCUT2D eigenvalue weighted by Crippen LogP contribution is 2.06. The zero-order chi connectivity index (χ0) is 15.1. The molecule has 1 atom stereocenters. The largest absolute Gasteiger partial charge is 0.453 e. The first-order valence-electron chi connectivity index (χ1n) is 5.75. The van der Waals surface area contributed by atoms with Crippen LogP contribution in [0.1, 0.15) is 12.5 Å². The molecule has 0 bridgehead atoms. The molecule has 0 fully saturated rings. The molecule has 1 aromatic rings. The van der Waals surface area contributed by atoms with Crippen molar-refractivity contribution in [3.05, 3.63) is 35.6 Å². The Balaban J connectivity index is 2.49. The van der Waals surface area contributed by atoms with Crippen molar-refractivity contribution in [2.75, 3.05) is 7.11 Å². The number of ether oxygens (including phenoxy) is 2. The van der Waals surface area contributed by atoms with E-state index in [1.807, 2.05) is 5.32 Å². The van der Waals surface area contributed by atoms with Gasteiger partial charge in [-0.1, -0.05) is 12.1 Å². The van der Waals surface area contributed by atoms with Gasteiger partial charge in [0.2, 0.25) is 0 Å². The summed E-state index contributed by atoms with van der Waals surface area (Å²) in [7, 11) is 1.10. The summed E-state index contributed by atoms with van der Waals surface area (Å²) in [6.45, 7) is 1.31. The molecule has 1 N–H and O–H groups in total. The average Bonchev–Trinajstić information content (AvgIpc) is 2.38. The molecule has 6 nitrogen and oxygen atoms in total. The molecule has 0 saturated carbocycles. The first-order valence-corrected chi connectivity index (χ1v) is 5.75. The van der Waals surface area contributed by atoms with E-state index < -0.39 is 29.9 Å². The first kappa shape index (κ1) is 15.6. The van der Waals surface area contributed by atoms with Crippen molar-refractivity contribution in [1.29, 1.82) is 0 Å². The molecule has 2 amide bonds. The molecule has 0 aliphatic rings. The maximum atomic E-state index is 12.9. The van der Waals surface area contributed by atoms with E-state index in [1.54, 1.807) is 6.07 Å². The number of carbonyl (C=O) groups excluding carboxylic acids is 3. The van der Waals surface area contributed by atoms with Gasteiger partial charge in [0.15, 0.2) is 6.10 Å². The third-order valence-electron chi connectivity index (χ3n) is 2.33. The summed E-state index contributed by atoms with van der Waals surface area (Å²) in [4.78, 5) is 33.8. The summed E-state index contributed by atoms with van der Waals surface area (Å²) in [6, 6.07) is 5.47. The second kappa shape index (κ2) is 7.22. The monoisotopic (exact) mass is 283 g/mol. The molecular formula is C13H14FNO5. The summed E-state index contributed by atoms with van der Waals surface area (Å²) >= 11 is 0. The molecule has 0 unspecified atom stereocenters. The van der Waals surface area contributed by atoms with Gasteiger partial charge in [0.25, 0.3) is 5.91 Å². The molecule has 0 aromatic heterocycles. The van der Waals surface area contributed by atoms with Crippen LogP contribution in [0.5, 0.6) is 0 Å². The lowest BCUT2D eigenvalue weighted by Gasteiger charge is -2.12. The van der Waals surface area contributed by atoms with Crippen LogP contribution >= 0.6 is 0 Å². The summed E-state index contributed by atoms with van der Waals surface area (Å²) in [5.41, 5.74) is 0.426. The standard InChI is InChI=1S/C13H14FNO5/c1-8(12(17)15-13(18)19-2)20-11(16)7-9-4-3-5-10(14)6-9/h3-6,8H,7H2,1-2H3,(H,15,17,18)/t8-/m1/s1. The van der Waals surface area contributed by atoms with Crippen molar-refractivity contribution in [2.24, 2.45) is 0 Å². The van der Waals surface area contributed by atoms with Crippen LogP contribution in [0, 0.1) is 5.82 Å². The normalized spacial score (nSPS) is 11.3. The highest BCUT2D eigenvalue weighted by atomic mass is 19.1. The third-order valence-corrected chi connectivity index (χ3v) is 2.33. The molecule has 7 heteroatoms. The number of esters is 1. The minimum atomic E-state index is -1.16. The molecule has 0 radical (unpaired) electrons. The molecule has 108 valence electrons. The molecule has 0 saturated heterocycles. The number of benzene rings is 1. The van der Waals surface area contributed by atoms with E-state index in [0.717, 1.165) is 7.11 Å². The Morgan fingerprint density at radius 2 is 2.05 bits per heavy atom. The van der Waals surface area contributed by atoms with Gasteiger partial charge < -0.3 is 9.47 Å². The maximum Gasteiger partial charge on any atom is 0.413 e. The lowest BCUT2D eigenvalue weighted by atomic mass is 10.1. The van der Waals surface area contributed by atoms with Crippen molar-refractivity contribution in [1.82, 2.24) is 5.32 Å². The van der Waals surface area contributed by atoms with Gasteiger partial charge in [-0.2, -0.15) is 0 Å². The quantitative estimate of drug-likeness (QED) is 0.839. The lowest BCUT2D eigenvalue weighted by Crippen LogP contribution is -2.39. The second-order valence-electron chi connectivity index (χ2n) is 3.92. The predicted octanol–water partition coefficient (Wildman–Crippen LogP) is 1.18. The predicted molar refractivity (Wildman–Crippen MR) is 66.2 cm³/mol. The van der Waals surface area contributed by atoms with Gasteiger partial charge in [0.05, 0.1) is 13.5 Å². The number of carbonyl (C=O) groups is 3. The Bertz CT molecular complexity index is 517. The zero-order valence-corrected chi connectivity index (χ0v) is 11.0. The highest BCUT2D eigenvalue weighted by molar-refractivity contribution is 5.95. The van der Waals surface area contributed by atoms with Crippen LogP contribution in [-0.4, -0.2) is 31.2 Å². The van der Waals surface area contributed by atoms with E-state index in [-0.39, 0.29) is 6.42 Å². The van der Waals surface area contributed by atoms with Crippen molar-refractivity contribution >= 4 is 18.0 Å². The van der Waals surface area contributed by atoms with E-state index >= 15 is 0 Å². The smallest absolute Gasteiger partial charge is 0.413 e. The fraction of sp³-hybridized carbons (Fsp3) is 0.308. The summed E-state index contributed by atoms with van der Waals surface area (Å²) in [5.74, 6) is -1.97. The van der Waals surface area contributed by atoms with Gasteiger partial charge in [-0.05, 0) is 24.6 Å². The zero-order valence-electron chi connectivity index (χ0n) is 11.0. The van der Waals surface area contributed by atoms with E-state index in [0.29, 0.717) is 5.56 Å². The Morgan fingerprint density at radius 3 is 2.65 bits per heavy atom. The van der Waals surface area contributed by atoms with Gasteiger partial charge >= 0.3 is 12.1 Å². The minimum Gasteiger partial charge on any atom is -0.453 e. The number of rotatable bonds is 4. The summed E-state index contributed by atoms with van der Waals surface area (Å²) in [5, 5.41) is 1.87. The van der Waals surface area contributed by atoms with Crippen LogP contribution in [0.2, 0.25) is 0 Å². The fourth-order valence-corrected chi connectivity index (χ4v) is 1.36. The van der Waals surface area contributed by atoms with E-state index in [9.17, 15) is 18.8 Å². The van der Waals surface area contributed by atoms with Crippen LogP contribution < -0.4 is 5.32 Å².